The normalized spacial score (nSPS) is 10.3. The zero-order valence-electron chi connectivity index (χ0n) is 13.1. The third-order valence-electron chi connectivity index (χ3n) is 3.25. The van der Waals surface area contributed by atoms with E-state index in [-0.39, 0.29) is 0 Å². The van der Waals surface area contributed by atoms with E-state index in [0.717, 1.165) is 6.54 Å². The number of nitrogens with zero attached hydrogens (tertiary/aromatic N) is 1. The van der Waals surface area contributed by atoms with Crippen molar-refractivity contribution in [2.45, 2.75) is 59.8 Å². The summed E-state index contributed by atoms with van der Waals surface area (Å²) >= 11 is 0. The number of hydrogen-bond acceptors (Lipinski definition) is 1. The van der Waals surface area contributed by atoms with Crippen LogP contribution < -0.4 is 4.90 Å². The maximum absolute atomic E-state index is 2.40. The molecule has 0 heterocycles. The first-order valence-corrected chi connectivity index (χ1v) is 7.62. The van der Waals surface area contributed by atoms with Crippen LogP contribution in [0.1, 0.15) is 58.4 Å². The number of anilines is 1. The first-order valence-electron chi connectivity index (χ1n) is 7.62. The molecule has 0 atom stereocenters. The summed E-state index contributed by atoms with van der Waals surface area (Å²) in [6.07, 6.45) is 8.94. The second-order valence-corrected chi connectivity index (χ2v) is 5.65. The second kappa shape index (κ2) is 8.79. The molecule has 1 rings (SSSR count). The molecule has 0 radical (unpaired) electrons. The minimum Gasteiger partial charge on any atom is -0.348 e. The highest BCUT2D eigenvalue weighted by Crippen LogP contribution is 2.18. The van der Waals surface area contributed by atoms with E-state index >= 15 is 0 Å². The Hall–Kier alpha value is -1.24. The lowest BCUT2D eigenvalue weighted by atomic mass is 10.1. The van der Waals surface area contributed by atoms with Crippen molar-refractivity contribution >= 4 is 5.69 Å². The Morgan fingerprint density at radius 2 is 1.84 bits per heavy atom. The van der Waals surface area contributed by atoms with Crippen LogP contribution in [0.4, 0.5) is 5.69 Å². The average Bonchev–Trinajstić information content (AvgIpc) is 2.36. The number of unbranched alkanes of at least 4 members (excludes halogenated alkanes) is 4. The maximum atomic E-state index is 2.40. The van der Waals surface area contributed by atoms with Gasteiger partial charge in [0.15, 0.2) is 0 Å². The fraction of sp³-hybridized carbons (Fsp3) is 0.556. The molecular weight excluding hydrogens is 230 g/mol. The van der Waals surface area contributed by atoms with Crippen LogP contribution in [0, 0.1) is 6.92 Å². The molecule has 0 bridgehead atoms. The summed E-state index contributed by atoms with van der Waals surface area (Å²) in [4.78, 5) is 2.40. The van der Waals surface area contributed by atoms with E-state index in [0.29, 0.717) is 0 Å². The van der Waals surface area contributed by atoms with Gasteiger partial charge in [-0.2, -0.15) is 0 Å². The Balaban J connectivity index is 2.60. The van der Waals surface area contributed by atoms with Crippen molar-refractivity contribution in [1.29, 1.82) is 0 Å². The van der Waals surface area contributed by atoms with Gasteiger partial charge >= 0.3 is 0 Å². The quantitative estimate of drug-likeness (QED) is 0.542. The first kappa shape index (κ1) is 15.8. The molecule has 1 aromatic rings. The Morgan fingerprint density at radius 1 is 1.11 bits per heavy atom. The third kappa shape index (κ3) is 6.47. The molecule has 0 amide bonds. The van der Waals surface area contributed by atoms with E-state index in [1.165, 1.54) is 48.9 Å². The highest BCUT2D eigenvalue weighted by atomic mass is 15.1. The number of hydrogen-bond donors (Lipinski definition) is 0. The van der Waals surface area contributed by atoms with Crippen molar-refractivity contribution in [1.82, 2.24) is 0 Å². The van der Waals surface area contributed by atoms with Crippen LogP contribution >= 0.6 is 0 Å². The molecule has 1 heteroatoms. The van der Waals surface area contributed by atoms with Gasteiger partial charge < -0.3 is 4.90 Å². The minimum atomic E-state index is 1.12. The van der Waals surface area contributed by atoms with Crippen molar-refractivity contribution in [3.8, 4) is 0 Å². The van der Waals surface area contributed by atoms with E-state index in [9.17, 15) is 0 Å². The first-order chi connectivity index (χ1) is 9.13. The maximum Gasteiger partial charge on any atom is 0.0408 e. The topological polar surface area (TPSA) is 3.24 Å². The van der Waals surface area contributed by atoms with Crippen molar-refractivity contribution < 1.29 is 0 Å². The molecule has 0 aromatic heterocycles. The largest absolute Gasteiger partial charge is 0.348 e. The van der Waals surface area contributed by atoms with Crippen molar-refractivity contribution in [2.75, 3.05) is 11.4 Å². The zero-order chi connectivity index (χ0) is 14.1. The van der Waals surface area contributed by atoms with Gasteiger partial charge in [-0.15, -0.1) is 0 Å². The van der Waals surface area contributed by atoms with Crippen LogP contribution in [0.2, 0.25) is 0 Å². The lowest BCUT2D eigenvalue weighted by Crippen LogP contribution is -2.18. The van der Waals surface area contributed by atoms with Gasteiger partial charge in [-0.05, 0) is 44.9 Å². The predicted octanol–water partition coefficient (Wildman–Crippen LogP) is 5.70. The SMILES string of the molecule is CCCCCCCN(C=C(C)C)c1cccc(C)c1. The molecule has 1 nitrogen and oxygen atoms in total. The predicted molar refractivity (Wildman–Crippen MR) is 86.7 cm³/mol. The molecule has 0 aliphatic rings. The average molecular weight is 259 g/mol. The lowest BCUT2D eigenvalue weighted by Gasteiger charge is -2.22. The van der Waals surface area contributed by atoms with Gasteiger partial charge in [0.2, 0.25) is 0 Å². The van der Waals surface area contributed by atoms with Gasteiger partial charge in [0.1, 0.15) is 0 Å². The van der Waals surface area contributed by atoms with E-state index < -0.39 is 0 Å². The van der Waals surface area contributed by atoms with Crippen molar-refractivity contribution in [2.24, 2.45) is 0 Å². The van der Waals surface area contributed by atoms with Gasteiger partial charge in [0.25, 0.3) is 0 Å². The van der Waals surface area contributed by atoms with Gasteiger partial charge in [-0.1, -0.05) is 50.3 Å². The summed E-state index contributed by atoms with van der Waals surface area (Å²) in [7, 11) is 0. The van der Waals surface area contributed by atoms with Crippen molar-refractivity contribution in [3.63, 3.8) is 0 Å². The van der Waals surface area contributed by atoms with Gasteiger partial charge in [-0.3, -0.25) is 0 Å². The highest BCUT2D eigenvalue weighted by molar-refractivity contribution is 5.51. The van der Waals surface area contributed by atoms with E-state index in [4.69, 9.17) is 0 Å². The summed E-state index contributed by atoms with van der Waals surface area (Å²) in [5.41, 5.74) is 4.00. The molecule has 106 valence electrons. The minimum absolute atomic E-state index is 1.12. The van der Waals surface area contributed by atoms with Crippen LogP contribution in [0.25, 0.3) is 0 Å². The molecule has 0 N–H and O–H groups in total. The van der Waals surface area contributed by atoms with E-state index in [1.807, 2.05) is 0 Å². The summed E-state index contributed by atoms with van der Waals surface area (Å²) in [5, 5.41) is 0. The van der Waals surface area contributed by atoms with Crippen LogP contribution in [0.3, 0.4) is 0 Å². The molecular formula is C18H29N. The number of benzene rings is 1. The third-order valence-corrected chi connectivity index (χ3v) is 3.25. The Labute approximate surface area is 119 Å². The van der Waals surface area contributed by atoms with Crippen LogP contribution in [-0.4, -0.2) is 6.54 Å². The zero-order valence-corrected chi connectivity index (χ0v) is 13.1. The van der Waals surface area contributed by atoms with Crippen LogP contribution in [-0.2, 0) is 0 Å². The fourth-order valence-corrected chi connectivity index (χ4v) is 2.27. The summed E-state index contributed by atoms with van der Waals surface area (Å²) < 4.78 is 0. The second-order valence-electron chi connectivity index (χ2n) is 5.65. The van der Waals surface area contributed by atoms with Gasteiger partial charge in [0, 0.05) is 18.4 Å². The molecule has 0 fully saturated rings. The molecule has 0 saturated carbocycles. The summed E-state index contributed by atoms with van der Waals surface area (Å²) in [6.45, 7) is 9.88. The van der Waals surface area contributed by atoms with Crippen LogP contribution in [0.5, 0.6) is 0 Å². The van der Waals surface area contributed by atoms with Crippen molar-refractivity contribution in [3.05, 3.63) is 41.6 Å². The number of allylic oxidation sites excluding steroid dienone is 1. The summed E-state index contributed by atoms with van der Waals surface area (Å²) in [5.74, 6) is 0. The number of rotatable bonds is 8. The van der Waals surface area contributed by atoms with E-state index in [2.05, 4.69) is 63.1 Å². The van der Waals surface area contributed by atoms with Crippen LogP contribution in [0.15, 0.2) is 36.0 Å². The monoisotopic (exact) mass is 259 g/mol. The van der Waals surface area contributed by atoms with Gasteiger partial charge in [0.05, 0.1) is 0 Å². The lowest BCUT2D eigenvalue weighted by molar-refractivity contribution is 0.633. The highest BCUT2D eigenvalue weighted by Gasteiger charge is 2.03. The number of aryl methyl sites for hydroxylation is 1. The molecule has 19 heavy (non-hydrogen) atoms. The molecule has 0 saturated heterocycles. The summed E-state index contributed by atoms with van der Waals surface area (Å²) in [6, 6.07) is 8.78. The molecule has 0 unspecified atom stereocenters. The van der Waals surface area contributed by atoms with Gasteiger partial charge in [-0.25, -0.2) is 0 Å². The van der Waals surface area contributed by atoms with E-state index in [1.54, 1.807) is 0 Å². The Morgan fingerprint density at radius 3 is 2.47 bits per heavy atom. The standard InChI is InChI=1S/C18H29N/c1-5-6-7-8-9-13-19(15-16(2)3)18-12-10-11-17(4)14-18/h10-12,14-15H,5-9,13H2,1-4H3. The molecule has 0 spiro atoms. The smallest absolute Gasteiger partial charge is 0.0408 e. The Kier molecular flexibility index (Phi) is 7.32. The Bertz CT molecular complexity index is 388. The molecule has 0 aliphatic heterocycles. The molecule has 1 aromatic carbocycles. The fourth-order valence-electron chi connectivity index (χ4n) is 2.27. The molecule has 0 aliphatic carbocycles.